The largest absolute Gasteiger partial charge is 0.478 e. The van der Waals surface area contributed by atoms with Gasteiger partial charge in [-0.2, -0.15) is 0 Å². The van der Waals surface area contributed by atoms with E-state index in [2.05, 4.69) is 10.6 Å². The van der Waals surface area contributed by atoms with Crippen LogP contribution in [0.1, 0.15) is 29.6 Å². The second-order valence-electron chi connectivity index (χ2n) is 4.58. The number of carbonyl (C=O) groups is 2. The average Bonchev–Trinajstić information content (AvgIpc) is 2.25. The maximum Gasteiger partial charge on any atom is 0.335 e. The lowest BCUT2D eigenvalue weighted by atomic mass is 9.74. The third-order valence-electron chi connectivity index (χ3n) is 3.53. The highest BCUT2D eigenvalue weighted by atomic mass is 16.4. The van der Waals surface area contributed by atoms with Crippen LogP contribution in [-0.2, 0) is 4.79 Å². The Labute approximate surface area is 97.8 Å². The first-order valence-corrected chi connectivity index (χ1v) is 5.58. The van der Waals surface area contributed by atoms with Gasteiger partial charge in [-0.1, -0.05) is 0 Å². The molecule has 0 aromatic heterocycles. The van der Waals surface area contributed by atoms with Crippen LogP contribution in [-0.4, -0.2) is 22.5 Å². The number of amides is 1. The molecule has 1 spiro atoms. The van der Waals surface area contributed by atoms with E-state index in [1.807, 2.05) is 0 Å². The molecule has 1 amide bonds. The van der Waals surface area contributed by atoms with E-state index >= 15 is 0 Å². The first kappa shape index (κ1) is 10.1. The van der Waals surface area contributed by atoms with Gasteiger partial charge in [-0.15, -0.1) is 0 Å². The molecular formula is C12H12N2O3. The maximum atomic E-state index is 11.9. The lowest BCUT2D eigenvalue weighted by Gasteiger charge is -2.44. The van der Waals surface area contributed by atoms with Crippen molar-refractivity contribution in [3.63, 3.8) is 0 Å². The number of aromatic carboxylic acids is 1. The van der Waals surface area contributed by atoms with Crippen molar-refractivity contribution in [3.05, 3.63) is 23.8 Å². The molecule has 2 aliphatic rings. The van der Waals surface area contributed by atoms with Gasteiger partial charge in [-0.3, -0.25) is 4.79 Å². The van der Waals surface area contributed by atoms with Crippen LogP contribution in [0.4, 0.5) is 11.4 Å². The van der Waals surface area contributed by atoms with E-state index in [4.69, 9.17) is 5.11 Å². The molecule has 17 heavy (non-hydrogen) atoms. The first-order valence-electron chi connectivity index (χ1n) is 5.58. The Bertz CT molecular complexity index is 520. The normalized spacial score (nSPS) is 19.9. The van der Waals surface area contributed by atoms with Gasteiger partial charge in [0.15, 0.2) is 0 Å². The van der Waals surface area contributed by atoms with Crippen molar-refractivity contribution >= 4 is 23.3 Å². The van der Waals surface area contributed by atoms with Crippen LogP contribution in [0, 0.1) is 0 Å². The molecule has 88 valence electrons. The number of hydrogen-bond acceptors (Lipinski definition) is 3. The summed E-state index contributed by atoms with van der Waals surface area (Å²) in [7, 11) is 0. The minimum atomic E-state index is -0.964. The van der Waals surface area contributed by atoms with Gasteiger partial charge in [0.2, 0.25) is 5.91 Å². The monoisotopic (exact) mass is 232 g/mol. The van der Waals surface area contributed by atoms with Crippen molar-refractivity contribution in [2.75, 3.05) is 10.6 Å². The van der Waals surface area contributed by atoms with E-state index in [0.29, 0.717) is 11.4 Å². The molecule has 1 aliphatic carbocycles. The van der Waals surface area contributed by atoms with Crippen molar-refractivity contribution in [3.8, 4) is 0 Å². The van der Waals surface area contributed by atoms with Crippen LogP contribution in [0.3, 0.4) is 0 Å². The fraction of sp³-hybridized carbons (Fsp3) is 0.333. The summed E-state index contributed by atoms with van der Waals surface area (Å²) in [6.45, 7) is 0. The van der Waals surface area contributed by atoms with Gasteiger partial charge in [-0.05, 0) is 37.5 Å². The molecule has 5 nitrogen and oxygen atoms in total. The molecule has 5 heteroatoms. The number of nitrogens with one attached hydrogen (secondary N) is 2. The Balaban J connectivity index is 2.01. The highest BCUT2D eigenvalue weighted by Gasteiger charge is 2.46. The molecule has 0 bridgehead atoms. The van der Waals surface area contributed by atoms with E-state index in [0.717, 1.165) is 19.3 Å². The Morgan fingerprint density at radius 2 is 2.06 bits per heavy atom. The number of rotatable bonds is 1. The minimum absolute atomic E-state index is 0.0145. The average molecular weight is 232 g/mol. The smallest absolute Gasteiger partial charge is 0.335 e. The SMILES string of the molecule is O=C(O)c1ccc2c(c1)NC1(CCC1)C(=O)N2. The predicted octanol–water partition coefficient (Wildman–Crippen LogP) is 1.67. The van der Waals surface area contributed by atoms with Crippen LogP contribution in [0.25, 0.3) is 0 Å². The molecule has 0 saturated heterocycles. The van der Waals surface area contributed by atoms with Gasteiger partial charge < -0.3 is 15.7 Å². The predicted molar refractivity (Wildman–Crippen MR) is 62.2 cm³/mol. The number of hydrogen-bond donors (Lipinski definition) is 3. The molecule has 0 radical (unpaired) electrons. The zero-order valence-electron chi connectivity index (χ0n) is 9.12. The second-order valence-corrected chi connectivity index (χ2v) is 4.58. The summed E-state index contributed by atoms with van der Waals surface area (Å²) in [6, 6.07) is 4.67. The van der Waals surface area contributed by atoms with Crippen molar-refractivity contribution in [1.29, 1.82) is 0 Å². The minimum Gasteiger partial charge on any atom is -0.478 e. The fourth-order valence-corrected chi connectivity index (χ4v) is 2.33. The summed E-state index contributed by atoms with van der Waals surface area (Å²) >= 11 is 0. The summed E-state index contributed by atoms with van der Waals surface area (Å²) in [4.78, 5) is 22.8. The molecule has 1 aromatic rings. The Morgan fingerprint density at radius 3 is 2.65 bits per heavy atom. The number of benzene rings is 1. The van der Waals surface area contributed by atoms with Crippen LogP contribution < -0.4 is 10.6 Å². The van der Waals surface area contributed by atoms with E-state index in [-0.39, 0.29) is 11.5 Å². The van der Waals surface area contributed by atoms with Crippen molar-refractivity contribution in [2.45, 2.75) is 24.8 Å². The van der Waals surface area contributed by atoms with Gasteiger partial charge >= 0.3 is 5.97 Å². The van der Waals surface area contributed by atoms with E-state index in [1.54, 1.807) is 12.1 Å². The Hall–Kier alpha value is -2.04. The quantitative estimate of drug-likeness (QED) is 0.688. The van der Waals surface area contributed by atoms with Crippen molar-refractivity contribution in [1.82, 2.24) is 0 Å². The number of carbonyl (C=O) groups excluding carboxylic acids is 1. The molecule has 0 atom stereocenters. The van der Waals surface area contributed by atoms with Crippen LogP contribution >= 0.6 is 0 Å². The lowest BCUT2D eigenvalue weighted by molar-refractivity contribution is -0.123. The number of carboxylic acid groups (broad SMARTS) is 1. The molecule has 3 rings (SSSR count). The van der Waals surface area contributed by atoms with Gasteiger partial charge in [-0.25, -0.2) is 4.79 Å². The zero-order valence-corrected chi connectivity index (χ0v) is 9.12. The van der Waals surface area contributed by atoms with E-state index in [1.165, 1.54) is 6.07 Å². The van der Waals surface area contributed by atoms with Gasteiger partial charge in [0.25, 0.3) is 0 Å². The topological polar surface area (TPSA) is 78.4 Å². The lowest BCUT2D eigenvalue weighted by Crippen LogP contribution is -2.57. The summed E-state index contributed by atoms with van der Waals surface area (Å²) < 4.78 is 0. The molecule has 1 fully saturated rings. The molecular weight excluding hydrogens is 220 g/mol. The van der Waals surface area contributed by atoms with Gasteiger partial charge in [0, 0.05) is 0 Å². The Kier molecular flexibility index (Phi) is 1.92. The summed E-state index contributed by atoms with van der Waals surface area (Å²) in [5, 5.41) is 14.9. The summed E-state index contributed by atoms with van der Waals surface area (Å²) in [5.41, 5.74) is 1.06. The van der Waals surface area contributed by atoms with Crippen LogP contribution in [0.15, 0.2) is 18.2 Å². The molecule has 1 aliphatic heterocycles. The number of carboxylic acids is 1. The van der Waals surface area contributed by atoms with Gasteiger partial charge in [0.05, 0.1) is 16.9 Å². The summed E-state index contributed by atoms with van der Waals surface area (Å²) in [6.07, 6.45) is 2.62. The highest BCUT2D eigenvalue weighted by Crippen LogP contribution is 2.41. The zero-order chi connectivity index (χ0) is 12.0. The first-order chi connectivity index (χ1) is 8.11. The standard InChI is InChI=1S/C12H12N2O3/c15-10(16)7-2-3-8-9(6-7)14-12(4-1-5-12)11(17)13-8/h2-3,6,14H,1,4-5H2,(H,13,17)(H,15,16). The fourth-order valence-electron chi connectivity index (χ4n) is 2.33. The third kappa shape index (κ3) is 1.39. The highest BCUT2D eigenvalue weighted by molar-refractivity contribution is 6.07. The molecule has 3 N–H and O–H groups in total. The molecule has 1 saturated carbocycles. The van der Waals surface area contributed by atoms with Crippen molar-refractivity contribution < 1.29 is 14.7 Å². The maximum absolute atomic E-state index is 11.9. The number of anilines is 2. The van der Waals surface area contributed by atoms with Crippen molar-refractivity contribution in [2.24, 2.45) is 0 Å². The van der Waals surface area contributed by atoms with Gasteiger partial charge in [0.1, 0.15) is 5.54 Å². The van der Waals surface area contributed by atoms with E-state index < -0.39 is 11.5 Å². The number of fused-ring (bicyclic) bond motifs is 1. The molecule has 1 aromatic carbocycles. The molecule has 1 heterocycles. The Morgan fingerprint density at radius 1 is 1.29 bits per heavy atom. The van der Waals surface area contributed by atoms with Crippen LogP contribution in [0.5, 0.6) is 0 Å². The second kappa shape index (κ2) is 3.23. The van der Waals surface area contributed by atoms with E-state index in [9.17, 15) is 9.59 Å². The molecule has 0 unspecified atom stereocenters. The third-order valence-corrected chi connectivity index (χ3v) is 3.53. The summed E-state index contributed by atoms with van der Waals surface area (Å²) in [5.74, 6) is -0.978. The van der Waals surface area contributed by atoms with Crippen LogP contribution in [0.2, 0.25) is 0 Å².